The van der Waals surface area contributed by atoms with Gasteiger partial charge in [-0.3, -0.25) is 0 Å². The van der Waals surface area contributed by atoms with E-state index in [9.17, 15) is 17.6 Å². The maximum Gasteiger partial charge on any atom is 0.201 e. The first kappa shape index (κ1) is 18.0. The smallest absolute Gasteiger partial charge is 0.201 e. The molecule has 134 valence electrons. The number of hydrogen-bond acceptors (Lipinski definition) is 1. The third-order valence-electron chi connectivity index (χ3n) is 4.32. The molecule has 0 amide bonds. The Morgan fingerprint density at radius 3 is 1.65 bits per heavy atom. The van der Waals surface area contributed by atoms with E-state index in [1.54, 1.807) is 25.1 Å². The fourth-order valence-electron chi connectivity index (χ4n) is 2.83. The zero-order valence-corrected chi connectivity index (χ0v) is 14.2. The van der Waals surface area contributed by atoms with E-state index in [1.807, 2.05) is 0 Å². The number of rotatable bonds is 4. The lowest BCUT2D eigenvalue weighted by molar-refractivity contribution is 0.372. The van der Waals surface area contributed by atoms with E-state index in [1.165, 1.54) is 37.4 Å². The molecule has 0 atom stereocenters. The molecular weight excluding hydrogens is 344 g/mol. The van der Waals surface area contributed by atoms with E-state index >= 15 is 0 Å². The maximum absolute atomic E-state index is 14.3. The molecule has 3 rings (SSSR count). The van der Waals surface area contributed by atoms with E-state index in [0.29, 0.717) is 23.1 Å². The monoisotopic (exact) mass is 360 g/mol. The number of methoxy groups -OCH3 is 1. The van der Waals surface area contributed by atoms with Gasteiger partial charge >= 0.3 is 0 Å². The molecule has 0 heterocycles. The molecule has 0 aliphatic rings. The minimum atomic E-state index is -1.07. The minimum absolute atomic E-state index is 0.0582. The molecule has 3 aromatic carbocycles. The summed E-state index contributed by atoms with van der Waals surface area (Å²) in [5.41, 5.74) is 1.34. The first-order chi connectivity index (χ1) is 12.5. The van der Waals surface area contributed by atoms with Crippen molar-refractivity contribution in [2.75, 3.05) is 7.11 Å². The molecule has 0 fully saturated rings. The first-order valence-corrected chi connectivity index (χ1v) is 8.07. The molecule has 0 saturated carbocycles. The minimum Gasteiger partial charge on any atom is -0.494 e. The van der Waals surface area contributed by atoms with E-state index in [-0.39, 0.29) is 16.9 Å². The molecule has 0 saturated heterocycles. The van der Waals surface area contributed by atoms with E-state index in [0.717, 1.165) is 0 Å². The molecule has 3 aromatic rings. The standard InChI is InChI=1S/C21H16F4O/c1-3-12-8-9-15(19(23)18(12)22)13-4-6-14(7-5-13)16-10-11-17(26-2)21(25)20(16)24/h4-11H,3H2,1-2H3. The second-order valence-electron chi connectivity index (χ2n) is 5.77. The highest BCUT2D eigenvalue weighted by molar-refractivity contribution is 5.71. The van der Waals surface area contributed by atoms with Gasteiger partial charge in [0.2, 0.25) is 5.82 Å². The Morgan fingerprint density at radius 1 is 0.654 bits per heavy atom. The summed E-state index contributed by atoms with van der Waals surface area (Å²) in [7, 11) is 1.25. The van der Waals surface area contributed by atoms with Crippen molar-refractivity contribution >= 4 is 0 Å². The van der Waals surface area contributed by atoms with Gasteiger partial charge in [0.25, 0.3) is 0 Å². The highest BCUT2D eigenvalue weighted by Crippen LogP contribution is 2.32. The van der Waals surface area contributed by atoms with Crippen molar-refractivity contribution in [1.82, 2.24) is 0 Å². The van der Waals surface area contributed by atoms with Crippen LogP contribution in [-0.4, -0.2) is 7.11 Å². The zero-order chi connectivity index (χ0) is 18.8. The van der Waals surface area contributed by atoms with E-state index in [4.69, 9.17) is 4.74 Å². The van der Waals surface area contributed by atoms with Crippen LogP contribution >= 0.6 is 0 Å². The summed E-state index contributed by atoms with van der Waals surface area (Å²) in [4.78, 5) is 0. The Morgan fingerprint density at radius 2 is 1.15 bits per heavy atom. The molecule has 0 aromatic heterocycles. The van der Waals surface area contributed by atoms with Gasteiger partial charge in [0.1, 0.15) is 0 Å². The summed E-state index contributed by atoms with van der Waals surface area (Å²) >= 11 is 0. The summed E-state index contributed by atoms with van der Waals surface area (Å²) < 4.78 is 61.1. The molecule has 0 radical (unpaired) electrons. The van der Waals surface area contributed by atoms with Crippen molar-refractivity contribution in [3.63, 3.8) is 0 Å². The van der Waals surface area contributed by atoms with E-state index in [2.05, 4.69) is 0 Å². The van der Waals surface area contributed by atoms with Gasteiger partial charge in [-0.1, -0.05) is 43.3 Å². The summed E-state index contributed by atoms with van der Waals surface area (Å²) in [5.74, 6) is -4.06. The van der Waals surface area contributed by atoms with Crippen LogP contribution in [-0.2, 0) is 6.42 Å². The molecule has 1 nitrogen and oxygen atoms in total. The van der Waals surface area contributed by atoms with Crippen LogP contribution in [0.5, 0.6) is 5.75 Å². The van der Waals surface area contributed by atoms with Crippen LogP contribution in [0.2, 0.25) is 0 Å². The Balaban J connectivity index is 2.00. The second-order valence-corrected chi connectivity index (χ2v) is 5.77. The lowest BCUT2D eigenvalue weighted by Gasteiger charge is -2.10. The van der Waals surface area contributed by atoms with Gasteiger partial charge in [-0.25, -0.2) is 13.2 Å². The lowest BCUT2D eigenvalue weighted by Crippen LogP contribution is -1.96. The fourth-order valence-corrected chi connectivity index (χ4v) is 2.83. The number of hydrogen-bond donors (Lipinski definition) is 0. The molecule has 0 aliphatic carbocycles. The maximum atomic E-state index is 14.3. The predicted octanol–water partition coefficient (Wildman–Crippen LogP) is 6.15. The van der Waals surface area contributed by atoms with Gasteiger partial charge in [-0.2, -0.15) is 4.39 Å². The van der Waals surface area contributed by atoms with Gasteiger partial charge in [-0.05, 0) is 35.2 Å². The zero-order valence-electron chi connectivity index (χ0n) is 14.2. The highest BCUT2D eigenvalue weighted by atomic mass is 19.2. The summed E-state index contributed by atoms with van der Waals surface area (Å²) in [6.07, 6.45) is 0.393. The Labute approximate surface area is 148 Å². The van der Waals surface area contributed by atoms with Crippen LogP contribution in [0, 0.1) is 23.3 Å². The quantitative estimate of drug-likeness (QED) is 0.507. The van der Waals surface area contributed by atoms with Gasteiger partial charge in [-0.15, -0.1) is 0 Å². The Hall–Kier alpha value is -2.82. The van der Waals surface area contributed by atoms with Crippen LogP contribution < -0.4 is 4.74 Å². The normalized spacial score (nSPS) is 10.8. The molecule has 0 N–H and O–H groups in total. The average molecular weight is 360 g/mol. The lowest BCUT2D eigenvalue weighted by atomic mass is 9.98. The Bertz CT molecular complexity index is 871. The van der Waals surface area contributed by atoms with Crippen LogP contribution in [0.25, 0.3) is 22.3 Å². The second kappa shape index (κ2) is 7.20. The van der Waals surface area contributed by atoms with Gasteiger partial charge in [0, 0.05) is 11.1 Å². The Kier molecular flexibility index (Phi) is 4.98. The topological polar surface area (TPSA) is 9.23 Å². The largest absolute Gasteiger partial charge is 0.494 e. The highest BCUT2D eigenvalue weighted by Gasteiger charge is 2.17. The molecular formula is C21H16F4O. The molecule has 0 aliphatic heterocycles. The van der Waals surface area contributed by atoms with Crippen molar-refractivity contribution in [3.8, 4) is 28.0 Å². The fraction of sp³-hybridized carbons (Fsp3) is 0.143. The van der Waals surface area contributed by atoms with Crippen molar-refractivity contribution in [1.29, 1.82) is 0 Å². The van der Waals surface area contributed by atoms with Crippen molar-refractivity contribution < 1.29 is 22.3 Å². The summed E-state index contributed by atoms with van der Waals surface area (Å²) in [5, 5.41) is 0. The number of halogens is 4. The molecule has 0 unspecified atom stereocenters. The third kappa shape index (κ3) is 3.05. The number of benzene rings is 3. The number of ether oxygens (including phenoxy) is 1. The molecule has 0 bridgehead atoms. The van der Waals surface area contributed by atoms with Gasteiger partial charge < -0.3 is 4.74 Å². The van der Waals surface area contributed by atoms with Crippen LogP contribution in [0.15, 0.2) is 48.5 Å². The molecule has 26 heavy (non-hydrogen) atoms. The van der Waals surface area contributed by atoms with Gasteiger partial charge in [0.15, 0.2) is 23.2 Å². The van der Waals surface area contributed by atoms with Crippen LogP contribution in [0.3, 0.4) is 0 Å². The third-order valence-corrected chi connectivity index (χ3v) is 4.32. The van der Waals surface area contributed by atoms with Gasteiger partial charge in [0.05, 0.1) is 7.11 Å². The molecule has 5 heteroatoms. The van der Waals surface area contributed by atoms with E-state index < -0.39 is 23.3 Å². The average Bonchev–Trinajstić information content (AvgIpc) is 2.66. The van der Waals surface area contributed by atoms with Crippen molar-refractivity contribution in [2.24, 2.45) is 0 Å². The number of aryl methyl sites for hydroxylation is 1. The van der Waals surface area contributed by atoms with Crippen LogP contribution in [0.4, 0.5) is 17.6 Å². The predicted molar refractivity (Wildman–Crippen MR) is 93.1 cm³/mol. The van der Waals surface area contributed by atoms with Crippen molar-refractivity contribution in [3.05, 3.63) is 77.4 Å². The first-order valence-electron chi connectivity index (χ1n) is 8.07. The van der Waals surface area contributed by atoms with Crippen molar-refractivity contribution in [2.45, 2.75) is 13.3 Å². The summed E-state index contributed by atoms with van der Waals surface area (Å²) in [6.45, 7) is 1.74. The SMILES string of the molecule is CCc1ccc(-c2ccc(-c3ccc(OC)c(F)c3F)cc2)c(F)c1F. The summed E-state index contributed by atoms with van der Waals surface area (Å²) in [6, 6.07) is 11.9. The van der Waals surface area contributed by atoms with Crippen LogP contribution in [0.1, 0.15) is 12.5 Å². The molecule has 0 spiro atoms.